The number of aromatic amines is 1. The number of hydrogen-bond donors (Lipinski definition) is 2. The van der Waals surface area contributed by atoms with Crippen LogP contribution in [0.1, 0.15) is 0 Å². The van der Waals surface area contributed by atoms with Crippen LogP contribution in [-0.4, -0.2) is 17.4 Å². The molecule has 0 spiro atoms. The van der Waals surface area contributed by atoms with Gasteiger partial charge in [-0.1, -0.05) is 30.3 Å². The fourth-order valence-electron chi connectivity index (χ4n) is 2.74. The number of anilines is 1. The van der Waals surface area contributed by atoms with E-state index in [1.165, 1.54) is 10.2 Å². The molecule has 0 aliphatic rings. The molecule has 0 aliphatic heterocycles. The van der Waals surface area contributed by atoms with Crippen molar-refractivity contribution in [1.82, 2.24) is 8.96 Å². The lowest BCUT2D eigenvalue weighted by atomic mass is 10.2. The van der Waals surface area contributed by atoms with Crippen LogP contribution in [0.4, 0.5) is 5.69 Å². The number of nitrogens with zero attached hydrogens (tertiary/aromatic N) is 1. The Kier molecular flexibility index (Phi) is 2.58. The summed E-state index contributed by atoms with van der Waals surface area (Å²) < 4.78 is 27.3. The van der Waals surface area contributed by atoms with E-state index in [-0.39, 0.29) is 4.90 Å². The molecule has 0 radical (unpaired) electrons. The highest BCUT2D eigenvalue weighted by Crippen LogP contribution is 2.29. The molecule has 2 aromatic carbocycles. The number of H-pyrrole nitrogens is 1. The monoisotopic (exact) mass is 311 g/mol. The Morgan fingerprint density at radius 1 is 1.00 bits per heavy atom. The summed E-state index contributed by atoms with van der Waals surface area (Å²) in [4.78, 5) is 3.17. The molecule has 0 unspecified atom stereocenters. The smallest absolute Gasteiger partial charge is 0.270 e. The second-order valence-corrected chi connectivity index (χ2v) is 6.88. The highest BCUT2D eigenvalue weighted by molar-refractivity contribution is 7.90. The van der Waals surface area contributed by atoms with Crippen LogP contribution in [0.15, 0.2) is 65.8 Å². The fraction of sp³-hybridized carbons (Fsp3) is 0. The predicted molar refractivity (Wildman–Crippen MR) is 87.2 cm³/mol. The topological polar surface area (TPSA) is 80.9 Å². The molecular weight excluding hydrogens is 298 g/mol. The van der Waals surface area contributed by atoms with Gasteiger partial charge in [0.05, 0.1) is 16.7 Å². The van der Waals surface area contributed by atoms with Gasteiger partial charge in [-0.15, -0.1) is 0 Å². The zero-order valence-electron chi connectivity index (χ0n) is 11.5. The molecule has 0 amide bonds. The van der Waals surface area contributed by atoms with E-state index in [4.69, 9.17) is 5.73 Å². The van der Waals surface area contributed by atoms with E-state index in [2.05, 4.69) is 4.98 Å². The summed E-state index contributed by atoms with van der Waals surface area (Å²) in [5, 5.41) is 1.48. The first-order chi connectivity index (χ1) is 10.6. The maximum absolute atomic E-state index is 13.0. The normalized spacial score (nSPS) is 12.2. The molecule has 0 fully saturated rings. The number of benzene rings is 2. The average molecular weight is 311 g/mol. The van der Waals surface area contributed by atoms with E-state index >= 15 is 0 Å². The van der Waals surface area contributed by atoms with E-state index < -0.39 is 10.0 Å². The molecule has 0 bridgehead atoms. The minimum atomic E-state index is -3.69. The highest BCUT2D eigenvalue weighted by atomic mass is 32.2. The first kappa shape index (κ1) is 13.0. The van der Waals surface area contributed by atoms with Gasteiger partial charge in [-0.05, 0) is 18.2 Å². The van der Waals surface area contributed by atoms with Crippen molar-refractivity contribution < 1.29 is 8.42 Å². The number of fused-ring (bicyclic) bond motifs is 2. The SMILES string of the molecule is Nc1cccc2c(S(=O)(=O)n3ccc4ccccc43)c[nH]c12. The van der Waals surface area contributed by atoms with E-state index in [1.807, 2.05) is 18.2 Å². The summed E-state index contributed by atoms with van der Waals surface area (Å²) in [7, 11) is -3.69. The highest BCUT2D eigenvalue weighted by Gasteiger charge is 2.22. The molecule has 110 valence electrons. The maximum atomic E-state index is 13.0. The zero-order valence-corrected chi connectivity index (χ0v) is 12.3. The van der Waals surface area contributed by atoms with Crippen molar-refractivity contribution in [3.63, 3.8) is 0 Å². The quantitative estimate of drug-likeness (QED) is 0.558. The Morgan fingerprint density at radius 3 is 2.68 bits per heavy atom. The number of nitrogens with two attached hydrogens (primary N) is 1. The van der Waals surface area contributed by atoms with Crippen LogP contribution in [0, 0.1) is 0 Å². The van der Waals surface area contributed by atoms with E-state index in [0.29, 0.717) is 22.1 Å². The zero-order chi connectivity index (χ0) is 15.3. The second kappa shape index (κ2) is 4.38. The van der Waals surface area contributed by atoms with Crippen molar-refractivity contribution in [2.75, 3.05) is 5.73 Å². The molecule has 4 aromatic rings. The van der Waals surface area contributed by atoms with Gasteiger partial charge in [0, 0.05) is 23.2 Å². The summed E-state index contributed by atoms with van der Waals surface area (Å²) >= 11 is 0. The summed E-state index contributed by atoms with van der Waals surface area (Å²) in [6, 6.07) is 14.4. The van der Waals surface area contributed by atoms with Gasteiger partial charge in [0.2, 0.25) is 0 Å². The Balaban J connectivity index is 2.03. The van der Waals surface area contributed by atoms with Crippen LogP contribution >= 0.6 is 0 Å². The minimum Gasteiger partial charge on any atom is -0.397 e. The van der Waals surface area contributed by atoms with Crippen molar-refractivity contribution in [2.24, 2.45) is 0 Å². The maximum Gasteiger partial charge on any atom is 0.270 e. The van der Waals surface area contributed by atoms with Crippen molar-refractivity contribution in [2.45, 2.75) is 4.90 Å². The van der Waals surface area contributed by atoms with Crippen LogP contribution < -0.4 is 5.73 Å². The first-order valence-corrected chi connectivity index (χ1v) is 8.20. The lowest BCUT2D eigenvalue weighted by Crippen LogP contribution is -2.11. The number of hydrogen-bond acceptors (Lipinski definition) is 3. The number of para-hydroxylation sites is 2. The van der Waals surface area contributed by atoms with Gasteiger partial charge in [-0.25, -0.2) is 12.4 Å². The Labute approximate surface area is 127 Å². The molecule has 3 N–H and O–H groups in total. The van der Waals surface area contributed by atoms with Gasteiger partial charge in [-0.3, -0.25) is 0 Å². The minimum absolute atomic E-state index is 0.219. The third kappa shape index (κ3) is 1.67. The van der Waals surface area contributed by atoms with E-state index in [1.54, 1.807) is 36.5 Å². The summed E-state index contributed by atoms with van der Waals surface area (Å²) in [6.45, 7) is 0. The number of nitrogen functional groups attached to an aromatic ring is 1. The molecule has 6 heteroatoms. The number of aromatic nitrogens is 2. The van der Waals surface area contributed by atoms with Crippen LogP contribution in [0.25, 0.3) is 21.8 Å². The van der Waals surface area contributed by atoms with Crippen molar-refractivity contribution in [3.05, 3.63) is 60.9 Å². The molecule has 0 saturated carbocycles. The van der Waals surface area contributed by atoms with Gasteiger partial charge < -0.3 is 10.7 Å². The van der Waals surface area contributed by atoms with Crippen molar-refractivity contribution in [3.8, 4) is 0 Å². The Hall–Kier alpha value is -2.73. The average Bonchev–Trinajstić information content (AvgIpc) is 3.12. The summed E-state index contributed by atoms with van der Waals surface area (Å²) in [6.07, 6.45) is 3.07. The molecule has 2 aromatic heterocycles. The molecule has 0 aliphatic carbocycles. The number of rotatable bonds is 2. The molecule has 0 atom stereocenters. The van der Waals surface area contributed by atoms with Crippen LogP contribution in [0.5, 0.6) is 0 Å². The number of nitrogens with one attached hydrogen (secondary N) is 1. The van der Waals surface area contributed by atoms with Gasteiger partial charge in [0.25, 0.3) is 10.0 Å². The van der Waals surface area contributed by atoms with Crippen LogP contribution in [0.3, 0.4) is 0 Å². The van der Waals surface area contributed by atoms with E-state index in [9.17, 15) is 8.42 Å². The molecule has 5 nitrogen and oxygen atoms in total. The Morgan fingerprint density at radius 2 is 1.82 bits per heavy atom. The van der Waals surface area contributed by atoms with Crippen molar-refractivity contribution >= 4 is 37.5 Å². The predicted octanol–water partition coefficient (Wildman–Crippen LogP) is 2.94. The third-order valence-corrected chi connectivity index (χ3v) is 5.54. The van der Waals surface area contributed by atoms with E-state index in [0.717, 1.165) is 5.39 Å². The van der Waals surface area contributed by atoms with Crippen molar-refractivity contribution in [1.29, 1.82) is 0 Å². The Bertz CT molecular complexity index is 1110. The standard InChI is InChI=1S/C16H13N3O2S/c17-13-6-3-5-12-15(10-18-16(12)13)22(20,21)19-9-8-11-4-1-2-7-14(11)19/h1-10,18H,17H2. The van der Waals surface area contributed by atoms with Gasteiger partial charge in [0.1, 0.15) is 4.90 Å². The molecule has 22 heavy (non-hydrogen) atoms. The molecule has 4 rings (SSSR count). The lowest BCUT2D eigenvalue weighted by molar-refractivity contribution is 0.590. The fourth-order valence-corrected chi connectivity index (χ4v) is 4.25. The molecular formula is C16H13N3O2S. The third-order valence-electron chi connectivity index (χ3n) is 3.81. The van der Waals surface area contributed by atoms with Crippen LogP contribution in [-0.2, 0) is 10.0 Å². The van der Waals surface area contributed by atoms with Gasteiger partial charge >= 0.3 is 0 Å². The molecule has 0 saturated heterocycles. The van der Waals surface area contributed by atoms with Crippen LogP contribution in [0.2, 0.25) is 0 Å². The largest absolute Gasteiger partial charge is 0.397 e. The first-order valence-electron chi connectivity index (χ1n) is 6.76. The van der Waals surface area contributed by atoms with Gasteiger partial charge in [0.15, 0.2) is 0 Å². The molecule has 2 heterocycles. The van der Waals surface area contributed by atoms with Gasteiger partial charge in [-0.2, -0.15) is 0 Å². The second-order valence-electron chi connectivity index (χ2n) is 5.10. The summed E-state index contributed by atoms with van der Waals surface area (Å²) in [5.41, 5.74) is 7.70. The summed E-state index contributed by atoms with van der Waals surface area (Å²) in [5.74, 6) is 0. The lowest BCUT2D eigenvalue weighted by Gasteiger charge is -2.06.